The van der Waals surface area contributed by atoms with Crippen LogP contribution < -0.4 is 10.1 Å². The van der Waals surface area contributed by atoms with Gasteiger partial charge in [0.1, 0.15) is 5.75 Å². The number of ether oxygens (including phenoxy) is 1. The minimum Gasteiger partial charge on any atom is -0.493 e. The normalized spacial score (nSPS) is 12.9. The van der Waals surface area contributed by atoms with Crippen LogP contribution >= 0.6 is 11.3 Å². The first kappa shape index (κ1) is 20.7. The van der Waals surface area contributed by atoms with Gasteiger partial charge >= 0.3 is 6.18 Å². The van der Waals surface area contributed by atoms with E-state index in [0.717, 1.165) is 54.3 Å². The van der Waals surface area contributed by atoms with E-state index in [4.69, 9.17) is 4.74 Å². The van der Waals surface area contributed by atoms with Crippen molar-refractivity contribution in [3.8, 4) is 17.0 Å². The number of aryl methyl sites for hydroxylation is 2. The Labute approximate surface area is 177 Å². The number of halogens is 3. The van der Waals surface area contributed by atoms with Crippen molar-refractivity contribution in [3.63, 3.8) is 0 Å². The van der Waals surface area contributed by atoms with Gasteiger partial charge in [-0.25, -0.2) is 4.98 Å². The number of aromatic nitrogens is 1. The third-order valence-electron chi connectivity index (χ3n) is 5.13. The number of hydrogen-bond acceptors (Lipinski definition) is 4. The van der Waals surface area contributed by atoms with Crippen molar-refractivity contribution in [2.75, 3.05) is 11.9 Å². The molecule has 1 aromatic heterocycles. The van der Waals surface area contributed by atoms with Gasteiger partial charge in [-0.3, -0.25) is 0 Å². The smallest absolute Gasteiger partial charge is 0.420 e. The van der Waals surface area contributed by atoms with Gasteiger partial charge in [-0.2, -0.15) is 13.2 Å². The topological polar surface area (TPSA) is 34.1 Å². The Morgan fingerprint density at radius 1 is 1.10 bits per heavy atom. The summed E-state index contributed by atoms with van der Waals surface area (Å²) in [5, 5.41) is 3.66. The van der Waals surface area contributed by atoms with Gasteiger partial charge in [-0.15, -0.1) is 11.3 Å². The van der Waals surface area contributed by atoms with E-state index in [9.17, 15) is 13.2 Å². The van der Waals surface area contributed by atoms with E-state index in [1.54, 1.807) is 6.07 Å². The summed E-state index contributed by atoms with van der Waals surface area (Å²) in [4.78, 5) is 5.82. The molecule has 1 N–H and O–H groups in total. The van der Waals surface area contributed by atoms with Crippen molar-refractivity contribution in [1.82, 2.24) is 4.98 Å². The predicted octanol–water partition coefficient (Wildman–Crippen LogP) is 7.24. The summed E-state index contributed by atoms with van der Waals surface area (Å²) < 4.78 is 46.1. The van der Waals surface area contributed by atoms with Crippen molar-refractivity contribution in [2.45, 2.75) is 45.2 Å². The quantitative estimate of drug-likeness (QED) is 0.400. The molecule has 0 bridgehead atoms. The van der Waals surface area contributed by atoms with Gasteiger partial charge in [-0.05, 0) is 43.0 Å². The van der Waals surface area contributed by atoms with Crippen LogP contribution in [-0.2, 0) is 19.0 Å². The average molecular weight is 433 g/mol. The van der Waals surface area contributed by atoms with Crippen LogP contribution in [0.15, 0.2) is 42.5 Å². The number of unbranched alkanes of at least 4 members (excludes halogenated alkanes) is 2. The van der Waals surface area contributed by atoms with Crippen molar-refractivity contribution >= 4 is 22.2 Å². The molecule has 0 atom stereocenters. The van der Waals surface area contributed by atoms with Crippen molar-refractivity contribution < 1.29 is 17.9 Å². The summed E-state index contributed by atoms with van der Waals surface area (Å²) in [6.45, 7) is 2.32. The highest BCUT2D eigenvalue weighted by molar-refractivity contribution is 7.16. The second kappa shape index (κ2) is 8.68. The number of benzene rings is 2. The molecule has 2 aromatic carbocycles. The lowest BCUT2D eigenvalue weighted by molar-refractivity contribution is -0.138. The number of thiazole rings is 1. The first-order chi connectivity index (χ1) is 14.5. The highest BCUT2D eigenvalue weighted by atomic mass is 32.1. The second-order valence-corrected chi connectivity index (χ2v) is 8.42. The van der Waals surface area contributed by atoms with Gasteiger partial charge in [0.15, 0.2) is 5.13 Å². The Hall–Kier alpha value is -2.54. The van der Waals surface area contributed by atoms with Crippen LogP contribution in [0.2, 0.25) is 0 Å². The second-order valence-electron chi connectivity index (χ2n) is 7.34. The molecule has 4 rings (SSSR count). The standard InChI is InChI=1S/C23H23F3N2OS/c1-2-3-6-13-29-19-11-10-16(14-18(19)23(24,25)26)27-22-28-21-17-8-5-4-7-15(17)9-12-20(21)30-22/h4-5,7-8,10-11,14H,2-3,6,9,12-13H2,1H3,(H,27,28). The highest BCUT2D eigenvalue weighted by Gasteiger charge is 2.35. The maximum absolute atomic E-state index is 13.6. The molecular formula is C23H23F3N2OS. The molecule has 158 valence electrons. The van der Waals surface area contributed by atoms with Crippen LogP contribution in [0.5, 0.6) is 5.75 Å². The monoisotopic (exact) mass is 432 g/mol. The molecule has 1 heterocycles. The van der Waals surface area contributed by atoms with Crippen molar-refractivity contribution in [3.05, 3.63) is 58.5 Å². The Morgan fingerprint density at radius 3 is 2.73 bits per heavy atom. The van der Waals surface area contributed by atoms with Crippen molar-refractivity contribution in [2.24, 2.45) is 0 Å². The Morgan fingerprint density at radius 2 is 1.93 bits per heavy atom. The maximum atomic E-state index is 13.6. The lowest BCUT2D eigenvalue weighted by Crippen LogP contribution is -2.10. The number of anilines is 2. The lowest BCUT2D eigenvalue weighted by atomic mass is 9.94. The molecule has 3 aromatic rings. The number of rotatable bonds is 7. The largest absolute Gasteiger partial charge is 0.493 e. The Balaban J connectivity index is 1.56. The fourth-order valence-corrected chi connectivity index (χ4v) is 4.61. The van der Waals surface area contributed by atoms with E-state index in [-0.39, 0.29) is 12.4 Å². The van der Waals surface area contributed by atoms with Crippen LogP contribution in [-0.4, -0.2) is 11.6 Å². The van der Waals surface area contributed by atoms with Crippen LogP contribution in [0.25, 0.3) is 11.3 Å². The number of fused-ring (bicyclic) bond motifs is 3. The molecule has 1 aliphatic rings. The van der Waals surface area contributed by atoms with Crippen LogP contribution in [0.1, 0.15) is 42.2 Å². The van der Waals surface area contributed by atoms with Gasteiger partial charge in [0, 0.05) is 16.1 Å². The molecule has 0 radical (unpaired) electrons. The number of alkyl halides is 3. The third-order valence-corrected chi connectivity index (χ3v) is 6.16. The third kappa shape index (κ3) is 4.46. The number of nitrogens with zero attached hydrogens (tertiary/aromatic N) is 1. The minimum atomic E-state index is -4.49. The number of nitrogens with one attached hydrogen (secondary N) is 1. The zero-order valence-electron chi connectivity index (χ0n) is 16.7. The van der Waals surface area contributed by atoms with Gasteiger partial charge in [0.2, 0.25) is 0 Å². The fourth-order valence-electron chi connectivity index (χ4n) is 3.62. The molecule has 7 heteroatoms. The zero-order chi connectivity index (χ0) is 21.1. The molecular weight excluding hydrogens is 409 g/mol. The maximum Gasteiger partial charge on any atom is 0.420 e. The first-order valence-electron chi connectivity index (χ1n) is 10.1. The summed E-state index contributed by atoms with van der Waals surface area (Å²) in [5.74, 6) is -0.128. The van der Waals surface area contributed by atoms with E-state index < -0.39 is 11.7 Å². The summed E-state index contributed by atoms with van der Waals surface area (Å²) in [6, 6.07) is 12.2. The van der Waals surface area contributed by atoms with Gasteiger partial charge in [0.05, 0.1) is 17.9 Å². The van der Waals surface area contributed by atoms with Crippen LogP contribution in [0, 0.1) is 0 Å². The highest BCUT2D eigenvalue weighted by Crippen LogP contribution is 2.41. The fraction of sp³-hybridized carbons (Fsp3) is 0.348. The Kier molecular flexibility index (Phi) is 5.99. The average Bonchev–Trinajstić information content (AvgIpc) is 3.14. The van der Waals surface area contributed by atoms with E-state index in [1.165, 1.54) is 23.0 Å². The summed E-state index contributed by atoms with van der Waals surface area (Å²) in [6.07, 6.45) is 0.00927. The summed E-state index contributed by atoms with van der Waals surface area (Å²) >= 11 is 1.50. The molecule has 30 heavy (non-hydrogen) atoms. The molecule has 0 fully saturated rings. The first-order valence-corrected chi connectivity index (χ1v) is 11.0. The molecule has 0 saturated heterocycles. The number of hydrogen-bond donors (Lipinski definition) is 1. The van der Waals surface area contributed by atoms with E-state index in [1.807, 2.05) is 25.1 Å². The summed E-state index contributed by atoms with van der Waals surface area (Å²) in [5.41, 5.74) is 2.87. The zero-order valence-corrected chi connectivity index (χ0v) is 17.5. The van der Waals surface area contributed by atoms with Gasteiger partial charge < -0.3 is 10.1 Å². The summed E-state index contributed by atoms with van der Waals surface area (Å²) in [7, 11) is 0. The van der Waals surface area contributed by atoms with E-state index >= 15 is 0 Å². The predicted molar refractivity (Wildman–Crippen MR) is 115 cm³/mol. The molecule has 1 aliphatic carbocycles. The van der Waals surface area contributed by atoms with Gasteiger partial charge in [-0.1, -0.05) is 44.0 Å². The van der Waals surface area contributed by atoms with Crippen molar-refractivity contribution in [1.29, 1.82) is 0 Å². The molecule has 0 aliphatic heterocycles. The molecule has 0 unspecified atom stereocenters. The molecule has 0 amide bonds. The lowest BCUT2D eigenvalue weighted by Gasteiger charge is -2.15. The van der Waals surface area contributed by atoms with E-state index in [0.29, 0.717) is 10.8 Å². The molecule has 0 spiro atoms. The molecule has 0 saturated carbocycles. The van der Waals surface area contributed by atoms with Crippen LogP contribution in [0.3, 0.4) is 0 Å². The van der Waals surface area contributed by atoms with E-state index in [2.05, 4.69) is 16.4 Å². The Bertz CT molecular complexity index is 1030. The van der Waals surface area contributed by atoms with Crippen LogP contribution in [0.4, 0.5) is 24.0 Å². The molecule has 3 nitrogen and oxygen atoms in total. The SMILES string of the molecule is CCCCCOc1ccc(Nc2nc3c(s2)CCc2ccccc2-3)cc1C(F)(F)F. The van der Waals surface area contributed by atoms with Gasteiger partial charge in [0.25, 0.3) is 0 Å². The minimum absolute atomic E-state index is 0.128.